The summed E-state index contributed by atoms with van der Waals surface area (Å²) >= 11 is 18.5. The summed E-state index contributed by atoms with van der Waals surface area (Å²) < 4.78 is 28.6. The molecule has 3 rings (SSSR count). The van der Waals surface area contributed by atoms with Crippen molar-refractivity contribution in [1.82, 2.24) is 10.2 Å². The number of nitrogens with zero attached hydrogens (tertiary/aromatic N) is 2. The van der Waals surface area contributed by atoms with Crippen LogP contribution in [0.5, 0.6) is 0 Å². The fourth-order valence-electron chi connectivity index (χ4n) is 4.07. The van der Waals surface area contributed by atoms with Crippen LogP contribution in [-0.2, 0) is 26.2 Å². The fraction of sp³-hybridized carbons (Fsp3) is 0.310. The third-order valence-electron chi connectivity index (χ3n) is 6.43. The Kier molecular flexibility index (Phi) is 11.3. The summed E-state index contributed by atoms with van der Waals surface area (Å²) in [4.78, 5) is 28.8. The van der Waals surface area contributed by atoms with E-state index in [4.69, 9.17) is 34.8 Å². The molecule has 0 spiro atoms. The Labute approximate surface area is 251 Å². The van der Waals surface area contributed by atoms with Crippen molar-refractivity contribution >= 4 is 62.3 Å². The third-order valence-corrected chi connectivity index (χ3v) is 9.19. The first kappa shape index (κ1) is 31.7. The van der Waals surface area contributed by atoms with Gasteiger partial charge >= 0.3 is 0 Å². The fourth-order valence-corrected chi connectivity index (χ4v) is 6.01. The summed E-state index contributed by atoms with van der Waals surface area (Å²) in [5.74, 6) is -0.901. The number of sulfonamides is 1. The maximum absolute atomic E-state index is 14.1. The number of hydrogen-bond acceptors (Lipinski definition) is 4. The van der Waals surface area contributed by atoms with Gasteiger partial charge in [-0.05, 0) is 67.8 Å². The van der Waals surface area contributed by atoms with Gasteiger partial charge in [0.2, 0.25) is 11.8 Å². The predicted octanol–water partition coefficient (Wildman–Crippen LogP) is 6.56. The van der Waals surface area contributed by atoms with Crippen molar-refractivity contribution in [3.05, 3.63) is 93.4 Å². The van der Waals surface area contributed by atoms with Crippen LogP contribution in [0.1, 0.15) is 39.2 Å². The molecular formula is C29H32Cl3N3O4S. The zero-order valence-corrected chi connectivity index (χ0v) is 25.6. The van der Waals surface area contributed by atoms with E-state index in [1.807, 2.05) is 13.8 Å². The van der Waals surface area contributed by atoms with E-state index in [2.05, 4.69) is 5.32 Å². The zero-order chi connectivity index (χ0) is 29.4. The quantitative estimate of drug-likeness (QED) is 0.247. The van der Waals surface area contributed by atoms with Crippen molar-refractivity contribution in [1.29, 1.82) is 0 Å². The van der Waals surface area contributed by atoms with Gasteiger partial charge in [-0.1, -0.05) is 79.0 Å². The molecule has 0 heterocycles. The van der Waals surface area contributed by atoms with Crippen molar-refractivity contribution in [2.75, 3.05) is 10.8 Å². The molecule has 0 saturated carbocycles. The van der Waals surface area contributed by atoms with Gasteiger partial charge in [0.15, 0.2) is 0 Å². The average molecular weight is 625 g/mol. The van der Waals surface area contributed by atoms with Crippen molar-refractivity contribution < 1.29 is 18.0 Å². The summed E-state index contributed by atoms with van der Waals surface area (Å²) in [7, 11) is -4.17. The van der Waals surface area contributed by atoms with Gasteiger partial charge in [0.05, 0.1) is 20.6 Å². The van der Waals surface area contributed by atoms with Crippen LogP contribution in [0.3, 0.4) is 0 Å². The number of rotatable bonds is 12. The molecule has 214 valence electrons. The Bertz CT molecular complexity index is 1440. The highest BCUT2D eigenvalue weighted by Crippen LogP contribution is 2.28. The molecular weight excluding hydrogens is 593 g/mol. The second kappa shape index (κ2) is 14.2. The maximum atomic E-state index is 14.1. The van der Waals surface area contributed by atoms with Gasteiger partial charge in [0, 0.05) is 17.6 Å². The smallest absolute Gasteiger partial charge is 0.264 e. The normalized spacial score (nSPS) is 12.8. The number of amides is 2. The second-order valence-corrected chi connectivity index (χ2v) is 12.4. The van der Waals surface area contributed by atoms with Crippen molar-refractivity contribution in [2.24, 2.45) is 0 Å². The van der Waals surface area contributed by atoms with Crippen LogP contribution < -0.4 is 9.62 Å². The minimum atomic E-state index is -4.17. The lowest BCUT2D eigenvalue weighted by Gasteiger charge is -2.33. The lowest BCUT2D eigenvalue weighted by atomic mass is 10.1. The van der Waals surface area contributed by atoms with E-state index < -0.39 is 28.5 Å². The Balaban J connectivity index is 2.07. The monoisotopic (exact) mass is 623 g/mol. The molecule has 2 atom stereocenters. The summed E-state index contributed by atoms with van der Waals surface area (Å²) in [6, 6.07) is 18.1. The summed E-state index contributed by atoms with van der Waals surface area (Å²) in [6.07, 6.45) is 1.01. The van der Waals surface area contributed by atoms with Gasteiger partial charge in [0.25, 0.3) is 10.0 Å². The molecule has 0 fully saturated rings. The molecule has 3 aromatic carbocycles. The van der Waals surface area contributed by atoms with E-state index in [-0.39, 0.29) is 29.1 Å². The molecule has 40 heavy (non-hydrogen) atoms. The van der Waals surface area contributed by atoms with E-state index >= 15 is 0 Å². The van der Waals surface area contributed by atoms with E-state index in [1.165, 1.54) is 23.1 Å². The average Bonchev–Trinajstić information content (AvgIpc) is 2.93. The SMILES string of the molecule is CC[C@H](C(=O)N[C@@H](C)CC)N(Cc1ccc(Cl)c(Cl)c1)C(=O)CN(c1cccc(Cl)c1)S(=O)(=O)c1ccccc1. The van der Waals surface area contributed by atoms with E-state index in [1.54, 1.807) is 61.5 Å². The number of nitrogens with one attached hydrogen (secondary N) is 1. The summed E-state index contributed by atoms with van der Waals surface area (Å²) in [5, 5.41) is 3.91. The van der Waals surface area contributed by atoms with Gasteiger partial charge in [-0.3, -0.25) is 13.9 Å². The Morgan fingerprint density at radius 2 is 1.57 bits per heavy atom. The number of carbonyl (C=O) groups excluding carboxylic acids is 2. The highest BCUT2D eigenvalue weighted by Gasteiger charge is 2.34. The first-order valence-corrected chi connectivity index (χ1v) is 15.4. The van der Waals surface area contributed by atoms with Crippen LogP contribution in [0.15, 0.2) is 77.7 Å². The van der Waals surface area contributed by atoms with Gasteiger partial charge in [-0.15, -0.1) is 0 Å². The number of carbonyl (C=O) groups is 2. The summed E-state index contributed by atoms with van der Waals surface area (Å²) in [6.45, 7) is 5.07. The minimum absolute atomic E-state index is 0.0108. The zero-order valence-electron chi connectivity index (χ0n) is 22.5. The Morgan fingerprint density at radius 1 is 0.875 bits per heavy atom. The molecule has 11 heteroatoms. The highest BCUT2D eigenvalue weighted by molar-refractivity contribution is 7.92. The van der Waals surface area contributed by atoms with Crippen molar-refractivity contribution in [2.45, 2.75) is 57.1 Å². The predicted molar refractivity (Wildman–Crippen MR) is 161 cm³/mol. The van der Waals surface area contributed by atoms with Crippen molar-refractivity contribution in [3.63, 3.8) is 0 Å². The van der Waals surface area contributed by atoms with Crippen LogP contribution in [0.25, 0.3) is 0 Å². The minimum Gasteiger partial charge on any atom is -0.352 e. The molecule has 0 saturated heterocycles. The molecule has 2 amide bonds. The van der Waals surface area contributed by atoms with Crippen LogP contribution in [0, 0.1) is 0 Å². The lowest BCUT2D eigenvalue weighted by Crippen LogP contribution is -2.53. The number of hydrogen-bond donors (Lipinski definition) is 1. The molecule has 0 aromatic heterocycles. The summed E-state index contributed by atoms with van der Waals surface area (Å²) in [5.41, 5.74) is 0.856. The number of halogens is 3. The molecule has 0 aliphatic carbocycles. The standard InChI is InChI=1S/C29H32Cl3N3O4S/c1-4-20(3)33-29(37)27(5-2)34(18-21-14-15-25(31)26(32)16-21)28(36)19-35(23-11-9-10-22(30)17-23)40(38,39)24-12-7-6-8-13-24/h6-17,20,27H,4-5,18-19H2,1-3H3,(H,33,37)/t20-,27+/m0/s1. The molecule has 0 aliphatic heterocycles. The van der Waals surface area contributed by atoms with Crippen LogP contribution >= 0.6 is 34.8 Å². The van der Waals surface area contributed by atoms with Crippen LogP contribution in [0.2, 0.25) is 15.1 Å². The second-order valence-electron chi connectivity index (χ2n) is 9.32. The van der Waals surface area contributed by atoms with Crippen LogP contribution in [-0.4, -0.2) is 43.8 Å². The Morgan fingerprint density at radius 3 is 2.17 bits per heavy atom. The van der Waals surface area contributed by atoms with Gasteiger partial charge in [-0.25, -0.2) is 8.42 Å². The first-order chi connectivity index (χ1) is 19.0. The largest absolute Gasteiger partial charge is 0.352 e. The lowest BCUT2D eigenvalue weighted by molar-refractivity contribution is -0.140. The van der Waals surface area contributed by atoms with Gasteiger partial charge in [-0.2, -0.15) is 0 Å². The molecule has 0 unspecified atom stereocenters. The number of benzene rings is 3. The number of anilines is 1. The van der Waals surface area contributed by atoms with E-state index in [0.717, 1.165) is 4.31 Å². The van der Waals surface area contributed by atoms with E-state index in [9.17, 15) is 18.0 Å². The molecule has 0 radical (unpaired) electrons. The first-order valence-electron chi connectivity index (χ1n) is 12.8. The highest BCUT2D eigenvalue weighted by atomic mass is 35.5. The molecule has 0 aliphatic rings. The molecule has 1 N–H and O–H groups in total. The Hall–Kier alpha value is -2.78. The van der Waals surface area contributed by atoms with E-state index in [0.29, 0.717) is 33.5 Å². The van der Waals surface area contributed by atoms with Crippen LogP contribution in [0.4, 0.5) is 5.69 Å². The van der Waals surface area contributed by atoms with Gasteiger partial charge < -0.3 is 10.2 Å². The third kappa shape index (κ3) is 7.91. The maximum Gasteiger partial charge on any atom is 0.264 e. The molecule has 3 aromatic rings. The van der Waals surface area contributed by atoms with Gasteiger partial charge in [0.1, 0.15) is 12.6 Å². The molecule has 0 bridgehead atoms. The topological polar surface area (TPSA) is 86.8 Å². The molecule has 7 nitrogen and oxygen atoms in total. The van der Waals surface area contributed by atoms with Crippen molar-refractivity contribution in [3.8, 4) is 0 Å².